The molecule has 32 heavy (non-hydrogen) atoms. The summed E-state index contributed by atoms with van der Waals surface area (Å²) in [5.41, 5.74) is 0.0294. The number of aromatic nitrogens is 1. The third-order valence-corrected chi connectivity index (χ3v) is 4.18. The van der Waals surface area contributed by atoms with Gasteiger partial charge in [0.25, 0.3) is 5.91 Å². The molecule has 1 N–H and O–H groups in total. The number of ether oxygens (including phenoxy) is 5. The second-order valence-corrected chi connectivity index (χ2v) is 6.82. The molecule has 0 spiro atoms. The Hall–Kier alpha value is -3.54. The number of pyridine rings is 1. The third-order valence-electron chi connectivity index (χ3n) is 4.18. The minimum absolute atomic E-state index is 0.0294. The molecule has 0 aliphatic carbocycles. The van der Waals surface area contributed by atoms with Gasteiger partial charge in [-0.3, -0.25) is 29.0 Å². The van der Waals surface area contributed by atoms with Crippen LogP contribution in [-0.2, 0) is 42.9 Å². The molecule has 0 radical (unpaired) electrons. The van der Waals surface area contributed by atoms with Gasteiger partial charge in [-0.25, -0.2) is 0 Å². The summed E-state index contributed by atoms with van der Waals surface area (Å²) in [6, 6.07) is 3.35. The number of amides is 1. The van der Waals surface area contributed by atoms with E-state index in [0.29, 0.717) is 0 Å². The molecule has 0 saturated carbocycles. The average molecular weight is 452 g/mol. The van der Waals surface area contributed by atoms with E-state index < -0.39 is 67.0 Å². The van der Waals surface area contributed by atoms with Gasteiger partial charge in [0.1, 0.15) is 24.4 Å². The summed E-state index contributed by atoms with van der Waals surface area (Å²) in [5, 5.41) is 2.55. The molecule has 12 heteroatoms. The quantitative estimate of drug-likeness (QED) is 0.435. The van der Waals surface area contributed by atoms with Crippen molar-refractivity contribution in [2.45, 2.75) is 58.3 Å². The highest BCUT2D eigenvalue weighted by Crippen LogP contribution is 2.28. The summed E-state index contributed by atoms with van der Waals surface area (Å²) in [4.78, 5) is 63.2. The van der Waals surface area contributed by atoms with Crippen molar-refractivity contribution in [2.75, 3.05) is 6.61 Å². The summed E-state index contributed by atoms with van der Waals surface area (Å²) in [5.74, 6) is -3.60. The van der Waals surface area contributed by atoms with Crippen LogP contribution >= 0.6 is 0 Å². The van der Waals surface area contributed by atoms with Crippen LogP contribution in [0.4, 0.5) is 0 Å². The van der Waals surface area contributed by atoms with Crippen molar-refractivity contribution in [1.29, 1.82) is 0 Å². The summed E-state index contributed by atoms with van der Waals surface area (Å²) in [6.07, 6.45) is -3.87. The van der Waals surface area contributed by atoms with Crippen molar-refractivity contribution in [3.63, 3.8) is 0 Å². The zero-order valence-corrected chi connectivity index (χ0v) is 17.9. The van der Waals surface area contributed by atoms with Gasteiger partial charge in [0.05, 0.1) is 0 Å². The van der Waals surface area contributed by atoms with Crippen LogP contribution in [0.3, 0.4) is 0 Å². The molecule has 1 aliphatic rings. The number of nitrogens with one attached hydrogen (secondary N) is 1. The zero-order chi connectivity index (χ0) is 23.8. The third kappa shape index (κ3) is 7.01. The Balaban J connectivity index is 2.44. The Morgan fingerprint density at radius 2 is 1.53 bits per heavy atom. The van der Waals surface area contributed by atoms with Crippen molar-refractivity contribution in [2.24, 2.45) is 0 Å². The lowest BCUT2D eigenvalue weighted by atomic mass is 9.96. The van der Waals surface area contributed by atoms with Gasteiger partial charge >= 0.3 is 23.9 Å². The lowest BCUT2D eigenvalue weighted by Crippen LogP contribution is -2.67. The highest BCUT2D eigenvalue weighted by atomic mass is 16.7. The molecule has 174 valence electrons. The van der Waals surface area contributed by atoms with Crippen molar-refractivity contribution in [1.82, 2.24) is 10.3 Å². The first-order chi connectivity index (χ1) is 15.1. The molecule has 0 unspecified atom stereocenters. The lowest BCUT2D eigenvalue weighted by molar-refractivity contribution is -0.270. The summed E-state index contributed by atoms with van der Waals surface area (Å²) in [6.45, 7) is 4.10. The van der Waals surface area contributed by atoms with Crippen molar-refractivity contribution in [3.8, 4) is 0 Å². The molecule has 2 heterocycles. The molecular formula is C20H24N2O10. The molecule has 5 atom stereocenters. The van der Waals surface area contributed by atoms with Crippen LogP contribution in [0.2, 0.25) is 0 Å². The molecule has 1 aliphatic heterocycles. The van der Waals surface area contributed by atoms with Crippen LogP contribution in [0.5, 0.6) is 0 Å². The van der Waals surface area contributed by atoms with Crippen molar-refractivity contribution >= 4 is 29.8 Å². The molecular weight excluding hydrogens is 428 g/mol. The van der Waals surface area contributed by atoms with E-state index in [0.717, 1.165) is 27.7 Å². The second kappa shape index (κ2) is 11.2. The van der Waals surface area contributed by atoms with Gasteiger partial charge in [-0.15, -0.1) is 0 Å². The molecule has 1 saturated heterocycles. The highest BCUT2D eigenvalue weighted by Gasteiger charge is 2.52. The summed E-state index contributed by atoms with van der Waals surface area (Å²) < 4.78 is 26.4. The largest absolute Gasteiger partial charge is 0.463 e. The van der Waals surface area contributed by atoms with Crippen LogP contribution in [0.15, 0.2) is 24.4 Å². The lowest BCUT2D eigenvalue weighted by Gasteiger charge is -2.44. The van der Waals surface area contributed by atoms with E-state index in [2.05, 4.69) is 10.3 Å². The van der Waals surface area contributed by atoms with Gasteiger partial charge in [-0.2, -0.15) is 0 Å². The Kier molecular flexibility index (Phi) is 8.64. The summed E-state index contributed by atoms with van der Waals surface area (Å²) in [7, 11) is 0. The number of rotatable bonds is 7. The van der Waals surface area contributed by atoms with E-state index >= 15 is 0 Å². The Morgan fingerprint density at radius 1 is 0.906 bits per heavy atom. The van der Waals surface area contributed by atoms with Crippen LogP contribution < -0.4 is 5.32 Å². The van der Waals surface area contributed by atoms with Gasteiger partial charge < -0.3 is 29.0 Å². The predicted octanol–water partition coefficient (Wildman–Crippen LogP) is -0.105. The van der Waals surface area contributed by atoms with Gasteiger partial charge in [0.2, 0.25) is 6.29 Å². The van der Waals surface area contributed by atoms with Crippen LogP contribution in [0, 0.1) is 0 Å². The predicted molar refractivity (Wildman–Crippen MR) is 104 cm³/mol. The first kappa shape index (κ1) is 24.7. The Morgan fingerprint density at radius 3 is 2.06 bits per heavy atom. The standard InChI is InChI=1S/C20H24N2O10/c1-10(23)28-9-15-17(29-11(2)24)18(30-12(3)25)16(20(32-15)31-13(4)26)22-19(27)14-7-5-6-8-21-14/h5-8,15-18,20H,9H2,1-4H3,(H,22,27)/t15-,16+,17+,18+,20-/m0/s1. The van der Waals surface area contributed by atoms with Crippen LogP contribution in [-0.4, -0.2) is 72.0 Å². The summed E-state index contributed by atoms with van der Waals surface area (Å²) >= 11 is 0. The molecule has 0 bridgehead atoms. The maximum absolute atomic E-state index is 12.7. The molecule has 2 rings (SSSR count). The minimum atomic E-state index is -1.46. The fourth-order valence-electron chi connectivity index (χ4n) is 3.04. The molecule has 1 amide bonds. The fourth-order valence-corrected chi connectivity index (χ4v) is 3.04. The topological polar surface area (TPSA) is 156 Å². The number of esters is 4. The monoisotopic (exact) mass is 452 g/mol. The van der Waals surface area contributed by atoms with Crippen molar-refractivity contribution < 1.29 is 47.7 Å². The van der Waals surface area contributed by atoms with E-state index in [4.69, 9.17) is 23.7 Å². The van der Waals surface area contributed by atoms with Gasteiger partial charge in [0, 0.05) is 33.9 Å². The van der Waals surface area contributed by atoms with Crippen LogP contribution in [0.1, 0.15) is 38.2 Å². The van der Waals surface area contributed by atoms with Gasteiger partial charge in [-0.1, -0.05) is 6.07 Å². The molecule has 1 fully saturated rings. The van der Waals surface area contributed by atoms with E-state index in [1.54, 1.807) is 12.1 Å². The maximum Gasteiger partial charge on any atom is 0.305 e. The van der Waals surface area contributed by atoms with E-state index in [1.165, 1.54) is 12.3 Å². The average Bonchev–Trinajstić information content (AvgIpc) is 2.70. The number of carbonyl (C=O) groups excluding carboxylic acids is 5. The van der Waals surface area contributed by atoms with E-state index in [1.807, 2.05) is 0 Å². The van der Waals surface area contributed by atoms with Crippen LogP contribution in [0.25, 0.3) is 0 Å². The minimum Gasteiger partial charge on any atom is -0.463 e. The van der Waals surface area contributed by atoms with Gasteiger partial charge in [0.15, 0.2) is 12.2 Å². The number of nitrogens with zero attached hydrogens (tertiary/aromatic N) is 1. The first-order valence-electron chi connectivity index (χ1n) is 9.61. The van der Waals surface area contributed by atoms with E-state index in [9.17, 15) is 24.0 Å². The number of hydrogen-bond donors (Lipinski definition) is 1. The zero-order valence-electron chi connectivity index (χ0n) is 17.9. The van der Waals surface area contributed by atoms with Gasteiger partial charge in [-0.05, 0) is 12.1 Å². The number of hydrogen-bond acceptors (Lipinski definition) is 11. The first-order valence-corrected chi connectivity index (χ1v) is 9.61. The fraction of sp³-hybridized carbons (Fsp3) is 0.500. The maximum atomic E-state index is 12.7. The second-order valence-electron chi connectivity index (χ2n) is 6.82. The number of carbonyl (C=O) groups is 5. The highest BCUT2D eigenvalue weighted by molar-refractivity contribution is 5.92. The normalized spacial score (nSPS) is 24.6. The smallest absolute Gasteiger partial charge is 0.305 e. The Labute approximate surface area is 183 Å². The van der Waals surface area contributed by atoms with E-state index in [-0.39, 0.29) is 5.69 Å². The molecule has 0 aromatic carbocycles. The molecule has 12 nitrogen and oxygen atoms in total. The SMILES string of the molecule is CC(=O)OC[C@@H]1O[C@H](OC(C)=O)[C@H](NC(=O)c2ccccn2)[C@@H](OC(C)=O)[C@@H]1OC(C)=O. The molecule has 1 aromatic rings. The van der Waals surface area contributed by atoms with Crippen molar-refractivity contribution in [3.05, 3.63) is 30.1 Å². The Bertz CT molecular complexity index is 859. The molecule has 1 aromatic heterocycles.